The van der Waals surface area contributed by atoms with Gasteiger partial charge in [-0.2, -0.15) is 0 Å². The predicted molar refractivity (Wildman–Crippen MR) is 128 cm³/mol. The molecule has 0 atom stereocenters. The van der Waals surface area contributed by atoms with Crippen LogP contribution < -0.4 is 0 Å². The molecule has 23 heavy (non-hydrogen) atoms. The van der Waals surface area contributed by atoms with Crippen LogP contribution in [0.25, 0.3) is 0 Å². The second kappa shape index (κ2) is 7.05. The van der Waals surface area contributed by atoms with E-state index in [1.54, 1.807) is 0 Å². The highest BCUT2D eigenvalue weighted by molar-refractivity contribution is 8.70. The fourth-order valence-electron chi connectivity index (χ4n) is 4.90. The van der Waals surface area contributed by atoms with E-state index in [2.05, 4.69) is 67.0 Å². The molecule has 0 radical (unpaired) electrons. The van der Waals surface area contributed by atoms with Crippen molar-refractivity contribution in [1.82, 2.24) is 0 Å². The van der Waals surface area contributed by atoms with Gasteiger partial charge in [0.15, 0.2) is 0 Å². The lowest BCUT2D eigenvalue weighted by Crippen LogP contribution is -2.80. The Kier molecular flexibility index (Phi) is 7.33. The van der Waals surface area contributed by atoms with Crippen LogP contribution >= 0.6 is 58.6 Å². The van der Waals surface area contributed by atoms with E-state index in [9.17, 15) is 0 Å². The highest BCUT2D eigenvalue weighted by atomic mass is 35.7. The normalized spacial score (nSPS) is 24.4. The van der Waals surface area contributed by atoms with Crippen molar-refractivity contribution in [1.29, 1.82) is 0 Å². The van der Waals surface area contributed by atoms with Gasteiger partial charge in [-0.1, -0.05) is 74.6 Å². The average molecular weight is 505 g/mol. The Morgan fingerprint density at radius 3 is 1.17 bits per heavy atom. The Hall–Kier alpha value is 2.89. The minimum Gasteiger partial charge on any atom is -0.140 e. The molecule has 0 unspecified atom stereocenters. The number of rotatable bonds is 5. The van der Waals surface area contributed by atoms with Crippen molar-refractivity contribution in [2.24, 2.45) is 0 Å². The summed E-state index contributed by atoms with van der Waals surface area (Å²) in [5, 5.41) is 0. The van der Waals surface area contributed by atoms with Crippen molar-refractivity contribution >= 4 is 87.5 Å². The van der Waals surface area contributed by atoms with Crippen LogP contribution in [0.2, 0.25) is 43.2 Å². The molecule has 0 aromatic rings. The standard InChI is InChI=1S/C13H32Cl4P2Si4/c1-11(2)18(12(3)4)19-22(14,15)13(20(5,6)7,21(8,9)10)23(19,16)17/h11-12H,1-10H3. The maximum absolute atomic E-state index is 7.41. The fraction of sp³-hybridized carbons (Fsp3) is 1.00. The van der Waals surface area contributed by atoms with Crippen molar-refractivity contribution < 1.29 is 0 Å². The van der Waals surface area contributed by atoms with Gasteiger partial charge in [0.2, 0.25) is 0 Å². The molecule has 1 aliphatic rings. The Labute approximate surface area is 168 Å². The van der Waals surface area contributed by atoms with E-state index in [4.69, 9.17) is 44.3 Å². The SMILES string of the molecule is CC(C)P(C(C)C)P1[Si](Cl)(Cl)C([Si](C)(C)C)([Si](C)(C)C)[Si]1(Cl)Cl. The summed E-state index contributed by atoms with van der Waals surface area (Å²) in [4.78, 5) is 0. The second-order valence-corrected chi connectivity index (χ2v) is 53.8. The largest absolute Gasteiger partial charge is 0.278 e. The summed E-state index contributed by atoms with van der Waals surface area (Å²) in [7, 11) is -3.68. The Bertz CT molecular complexity index is 418. The van der Waals surface area contributed by atoms with E-state index >= 15 is 0 Å². The molecule has 0 aromatic heterocycles. The third kappa shape index (κ3) is 3.30. The summed E-state index contributed by atoms with van der Waals surface area (Å²) < 4.78 is -0.0255. The minimum absolute atomic E-state index is 0.0255. The third-order valence-corrected chi connectivity index (χ3v) is 88.5. The van der Waals surface area contributed by atoms with E-state index < -0.39 is 35.6 Å². The zero-order valence-corrected chi connectivity index (χ0v) is 24.9. The van der Waals surface area contributed by atoms with Crippen LogP contribution in [0.3, 0.4) is 0 Å². The molecule has 0 bridgehead atoms. The Balaban J connectivity index is 3.64. The summed E-state index contributed by atoms with van der Waals surface area (Å²) in [6.45, 7) is 23.1. The van der Waals surface area contributed by atoms with E-state index in [1.165, 1.54) is 0 Å². The molecule has 1 aliphatic heterocycles. The molecule has 0 aliphatic carbocycles. The summed E-state index contributed by atoms with van der Waals surface area (Å²) >= 11 is 29.7. The smallest absolute Gasteiger partial charge is 0.140 e. The molecule has 0 aromatic carbocycles. The van der Waals surface area contributed by atoms with Crippen LogP contribution in [0.4, 0.5) is 0 Å². The van der Waals surface area contributed by atoms with Crippen molar-refractivity contribution in [2.45, 2.75) is 82.2 Å². The van der Waals surface area contributed by atoms with Crippen molar-refractivity contribution in [3.63, 3.8) is 0 Å². The Morgan fingerprint density at radius 2 is 1.00 bits per heavy atom. The van der Waals surface area contributed by atoms with Gasteiger partial charge in [-0.05, 0) is 18.0 Å². The van der Waals surface area contributed by atoms with Crippen LogP contribution in [0, 0.1) is 0 Å². The van der Waals surface area contributed by atoms with Crippen molar-refractivity contribution in [3.05, 3.63) is 0 Å². The fourth-order valence-corrected chi connectivity index (χ4v) is 148. The molecule has 0 saturated carbocycles. The number of halogens is 4. The summed E-state index contributed by atoms with van der Waals surface area (Å²) in [5.74, 6) is 0. The highest BCUT2D eigenvalue weighted by Crippen LogP contribution is 3.00. The quantitative estimate of drug-likeness (QED) is 0.200. The number of hydrogen-bond acceptors (Lipinski definition) is 0. The first-order chi connectivity index (χ1) is 9.89. The molecule has 1 fully saturated rings. The lowest BCUT2D eigenvalue weighted by Gasteiger charge is -2.74. The van der Waals surface area contributed by atoms with Crippen molar-refractivity contribution in [2.75, 3.05) is 0 Å². The van der Waals surface area contributed by atoms with Crippen LogP contribution in [0.5, 0.6) is 0 Å². The first kappa shape index (κ1) is 23.9. The lowest BCUT2D eigenvalue weighted by molar-refractivity contribution is 1.03. The van der Waals surface area contributed by atoms with Gasteiger partial charge in [0.05, 0.1) is 0 Å². The van der Waals surface area contributed by atoms with Gasteiger partial charge in [0.1, 0.15) is 0 Å². The maximum atomic E-state index is 7.41. The molecular formula is C13H32Cl4P2Si4. The molecule has 1 rings (SSSR count). The molecule has 0 N–H and O–H groups in total. The Morgan fingerprint density at radius 1 is 0.739 bits per heavy atom. The molecule has 0 nitrogen and oxygen atoms in total. The summed E-state index contributed by atoms with van der Waals surface area (Å²) in [5.41, 5.74) is 1.21. The molecular weight excluding hydrogens is 472 g/mol. The molecule has 1 saturated heterocycles. The number of hydrogen-bond donors (Lipinski definition) is 0. The van der Waals surface area contributed by atoms with Gasteiger partial charge >= 0.3 is 0 Å². The molecule has 1 heterocycles. The third-order valence-electron chi connectivity index (χ3n) is 4.97. The second-order valence-electron chi connectivity index (χ2n) is 9.21. The molecule has 0 amide bonds. The maximum Gasteiger partial charge on any atom is 0.278 e. The summed E-state index contributed by atoms with van der Waals surface area (Å²) in [6.07, 6.45) is -4.99. The predicted octanol–water partition coefficient (Wildman–Crippen LogP) is 8.56. The van der Waals surface area contributed by atoms with Gasteiger partial charge < -0.3 is 0 Å². The first-order valence-electron chi connectivity index (χ1n) is 8.23. The van der Waals surface area contributed by atoms with Crippen molar-refractivity contribution in [3.8, 4) is 0 Å². The zero-order chi connectivity index (χ0) is 18.8. The lowest BCUT2D eigenvalue weighted by atomic mass is 10.5. The topological polar surface area (TPSA) is 0 Å². The zero-order valence-electron chi connectivity index (χ0n) is 16.1. The van der Waals surface area contributed by atoms with Crippen LogP contribution in [-0.2, 0) is 0 Å². The molecule has 10 heteroatoms. The van der Waals surface area contributed by atoms with Crippen LogP contribution in [0.15, 0.2) is 0 Å². The van der Waals surface area contributed by atoms with Gasteiger partial charge in [-0.3, -0.25) is 0 Å². The monoisotopic (exact) mass is 502 g/mol. The summed E-state index contributed by atoms with van der Waals surface area (Å²) in [6, 6.07) is 0. The first-order valence-corrected chi connectivity index (χ1v) is 28.5. The average Bonchev–Trinajstić information content (AvgIpc) is 2.18. The van der Waals surface area contributed by atoms with Gasteiger partial charge in [0, 0.05) is 20.1 Å². The van der Waals surface area contributed by atoms with Crippen LogP contribution in [0.1, 0.15) is 27.7 Å². The van der Waals surface area contributed by atoms with Gasteiger partial charge in [-0.25, -0.2) is 0 Å². The molecule has 138 valence electrons. The van der Waals surface area contributed by atoms with E-state index in [-0.39, 0.29) is 11.5 Å². The van der Waals surface area contributed by atoms with Crippen LogP contribution in [-0.4, -0.2) is 40.2 Å². The highest BCUT2D eigenvalue weighted by Gasteiger charge is 2.90. The van der Waals surface area contributed by atoms with E-state index in [0.717, 1.165) is 0 Å². The van der Waals surface area contributed by atoms with Gasteiger partial charge in [-0.15, -0.1) is 44.3 Å². The molecule has 0 spiro atoms. The van der Waals surface area contributed by atoms with Gasteiger partial charge in [0.25, 0.3) is 12.7 Å². The minimum atomic E-state index is -2.50. The van der Waals surface area contributed by atoms with E-state index in [1.807, 2.05) is 0 Å². The van der Waals surface area contributed by atoms with E-state index in [0.29, 0.717) is 11.3 Å².